The summed E-state index contributed by atoms with van der Waals surface area (Å²) in [4.78, 5) is 4.16. The molecule has 2 aromatic heterocycles. The Morgan fingerprint density at radius 2 is 2.14 bits per heavy atom. The first-order chi connectivity index (χ1) is 10.5. The molecule has 0 radical (unpaired) electrons. The van der Waals surface area contributed by atoms with Crippen LogP contribution < -0.4 is 4.72 Å². The number of hydrogen-bond acceptors (Lipinski definition) is 5. The van der Waals surface area contributed by atoms with E-state index in [-0.39, 0.29) is 16.9 Å². The van der Waals surface area contributed by atoms with Crippen LogP contribution in [0.1, 0.15) is 5.56 Å². The molecule has 3 rings (SSSR count). The number of nitrogens with zero attached hydrogens (tertiary/aromatic N) is 3. The van der Waals surface area contributed by atoms with Gasteiger partial charge in [-0.1, -0.05) is 0 Å². The van der Waals surface area contributed by atoms with Crippen molar-refractivity contribution in [1.29, 1.82) is 0 Å². The maximum atomic E-state index is 12.4. The van der Waals surface area contributed by atoms with Gasteiger partial charge >= 0.3 is 0 Å². The van der Waals surface area contributed by atoms with E-state index in [1.54, 1.807) is 19.4 Å². The first kappa shape index (κ1) is 15.1. The SMILES string of the molecule is Cn1cc(S(=O)(=O)N[C@@H]2COC[C@H]2Cc2ccncc2)cn1. The van der Waals surface area contributed by atoms with Crippen molar-refractivity contribution in [1.82, 2.24) is 19.5 Å². The fraction of sp³-hybridized carbons (Fsp3) is 0.429. The fourth-order valence-corrected chi connectivity index (χ4v) is 3.83. The van der Waals surface area contributed by atoms with Gasteiger partial charge in [-0.25, -0.2) is 13.1 Å². The zero-order valence-electron chi connectivity index (χ0n) is 12.2. The van der Waals surface area contributed by atoms with E-state index < -0.39 is 10.0 Å². The summed E-state index contributed by atoms with van der Waals surface area (Å²) < 4.78 is 34.4. The number of ether oxygens (including phenoxy) is 1. The second-order valence-corrected chi connectivity index (χ2v) is 7.15. The molecule has 0 aromatic carbocycles. The molecule has 0 aliphatic carbocycles. The molecule has 1 N–H and O–H groups in total. The summed E-state index contributed by atoms with van der Waals surface area (Å²) in [6, 6.07) is 3.63. The van der Waals surface area contributed by atoms with Crippen LogP contribution in [0.5, 0.6) is 0 Å². The lowest BCUT2D eigenvalue weighted by atomic mass is 9.96. The Morgan fingerprint density at radius 1 is 1.36 bits per heavy atom. The van der Waals surface area contributed by atoms with Gasteiger partial charge in [0.15, 0.2) is 0 Å². The summed E-state index contributed by atoms with van der Waals surface area (Å²) in [7, 11) is -1.89. The van der Waals surface area contributed by atoms with Crippen LogP contribution in [0.25, 0.3) is 0 Å². The number of nitrogens with one attached hydrogen (secondary N) is 1. The standard InChI is InChI=1S/C14H18N4O3S/c1-18-8-13(7-16-18)22(19,20)17-14-10-21-9-12(14)6-11-2-4-15-5-3-11/h2-5,7-8,12,14,17H,6,9-10H2,1H3/t12-,14-/m1/s1. The molecule has 1 saturated heterocycles. The molecule has 8 heteroatoms. The third kappa shape index (κ3) is 3.34. The minimum atomic E-state index is -3.57. The predicted octanol–water partition coefficient (Wildman–Crippen LogP) is 0.351. The molecule has 2 atom stereocenters. The van der Waals surface area contributed by atoms with Crippen molar-refractivity contribution < 1.29 is 13.2 Å². The quantitative estimate of drug-likeness (QED) is 0.858. The number of aryl methyl sites for hydroxylation is 1. The van der Waals surface area contributed by atoms with Crippen LogP contribution in [0, 0.1) is 5.92 Å². The van der Waals surface area contributed by atoms with Crippen LogP contribution in [0.4, 0.5) is 0 Å². The van der Waals surface area contributed by atoms with Crippen molar-refractivity contribution in [3.63, 3.8) is 0 Å². The maximum absolute atomic E-state index is 12.4. The molecule has 3 heterocycles. The summed E-state index contributed by atoms with van der Waals surface area (Å²) in [6.45, 7) is 0.928. The Balaban J connectivity index is 1.71. The van der Waals surface area contributed by atoms with Crippen LogP contribution >= 0.6 is 0 Å². The smallest absolute Gasteiger partial charge is 0.244 e. The first-order valence-electron chi connectivity index (χ1n) is 7.02. The largest absolute Gasteiger partial charge is 0.379 e. The number of rotatable bonds is 5. The maximum Gasteiger partial charge on any atom is 0.244 e. The fourth-order valence-electron chi connectivity index (χ4n) is 2.56. The third-order valence-electron chi connectivity index (χ3n) is 3.74. The molecular formula is C14H18N4O3S. The molecule has 1 aliphatic heterocycles. The highest BCUT2D eigenvalue weighted by atomic mass is 32.2. The molecule has 118 valence electrons. The third-order valence-corrected chi connectivity index (χ3v) is 5.19. The van der Waals surface area contributed by atoms with Crippen molar-refractivity contribution in [3.8, 4) is 0 Å². The topological polar surface area (TPSA) is 86.1 Å². The van der Waals surface area contributed by atoms with Crippen molar-refractivity contribution in [2.45, 2.75) is 17.4 Å². The highest BCUT2D eigenvalue weighted by Crippen LogP contribution is 2.21. The van der Waals surface area contributed by atoms with E-state index in [0.717, 1.165) is 12.0 Å². The molecule has 0 bridgehead atoms. The number of aromatic nitrogens is 3. The Labute approximate surface area is 129 Å². The van der Waals surface area contributed by atoms with E-state index in [4.69, 9.17) is 4.74 Å². The first-order valence-corrected chi connectivity index (χ1v) is 8.50. The van der Waals surface area contributed by atoms with Gasteiger partial charge in [0.05, 0.1) is 25.5 Å². The molecule has 0 unspecified atom stereocenters. The minimum Gasteiger partial charge on any atom is -0.379 e. The van der Waals surface area contributed by atoms with E-state index in [1.807, 2.05) is 12.1 Å². The molecule has 0 spiro atoms. The Bertz CT molecular complexity index is 730. The van der Waals surface area contributed by atoms with Crippen molar-refractivity contribution in [3.05, 3.63) is 42.5 Å². The lowest BCUT2D eigenvalue weighted by molar-refractivity contribution is 0.183. The highest BCUT2D eigenvalue weighted by Gasteiger charge is 2.32. The van der Waals surface area contributed by atoms with E-state index in [2.05, 4.69) is 14.8 Å². The molecule has 22 heavy (non-hydrogen) atoms. The predicted molar refractivity (Wildman–Crippen MR) is 79.6 cm³/mol. The average Bonchev–Trinajstić information content (AvgIpc) is 3.10. The lowest BCUT2D eigenvalue weighted by Crippen LogP contribution is -2.40. The summed E-state index contributed by atoms with van der Waals surface area (Å²) in [6.07, 6.45) is 7.05. The van der Waals surface area contributed by atoms with Gasteiger partial charge in [-0.3, -0.25) is 9.67 Å². The zero-order valence-corrected chi connectivity index (χ0v) is 13.0. The summed E-state index contributed by atoms with van der Waals surface area (Å²) >= 11 is 0. The number of pyridine rings is 1. The van der Waals surface area contributed by atoms with Gasteiger partial charge in [0.1, 0.15) is 4.90 Å². The van der Waals surface area contributed by atoms with Crippen LogP contribution in [-0.4, -0.2) is 42.4 Å². The van der Waals surface area contributed by atoms with E-state index in [9.17, 15) is 8.42 Å². The van der Waals surface area contributed by atoms with E-state index in [0.29, 0.717) is 13.2 Å². The lowest BCUT2D eigenvalue weighted by Gasteiger charge is -2.18. The summed E-state index contributed by atoms with van der Waals surface area (Å²) in [5.74, 6) is 0.105. The van der Waals surface area contributed by atoms with Crippen LogP contribution in [0.2, 0.25) is 0 Å². The van der Waals surface area contributed by atoms with Gasteiger partial charge in [0.2, 0.25) is 10.0 Å². The van der Waals surface area contributed by atoms with Crippen molar-refractivity contribution in [2.24, 2.45) is 13.0 Å². The van der Waals surface area contributed by atoms with E-state index in [1.165, 1.54) is 17.1 Å². The van der Waals surface area contributed by atoms with Crippen molar-refractivity contribution >= 4 is 10.0 Å². The summed E-state index contributed by atoms with van der Waals surface area (Å²) in [5, 5.41) is 3.90. The van der Waals surface area contributed by atoms with Crippen LogP contribution in [0.15, 0.2) is 41.8 Å². The van der Waals surface area contributed by atoms with Gasteiger partial charge in [-0.2, -0.15) is 5.10 Å². The molecule has 2 aromatic rings. The van der Waals surface area contributed by atoms with Gasteiger partial charge in [0, 0.05) is 31.6 Å². The molecule has 0 amide bonds. The molecule has 1 aliphatic rings. The monoisotopic (exact) mass is 322 g/mol. The molecule has 0 saturated carbocycles. The molecule has 7 nitrogen and oxygen atoms in total. The Hall–Kier alpha value is -1.77. The van der Waals surface area contributed by atoms with Gasteiger partial charge in [-0.05, 0) is 24.1 Å². The Kier molecular flexibility index (Phi) is 4.23. The van der Waals surface area contributed by atoms with Gasteiger partial charge < -0.3 is 4.74 Å². The van der Waals surface area contributed by atoms with Gasteiger partial charge in [0.25, 0.3) is 0 Å². The van der Waals surface area contributed by atoms with Crippen LogP contribution in [0.3, 0.4) is 0 Å². The van der Waals surface area contributed by atoms with Crippen LogP contribution in [-0.2, 0) is 28.2 Å². The normalized spacial score (nSPS) is 22.0. The van der Waals surface area contributed by atoms with E-state index >= 15 is 0 Å². The number of sulfonamides is 1. The van der Waals surface area contributed by atoms with Gasteiger partial charge in [-0.15, -0.1) is 0 Å². The molecule has 1 fully saturated rings. The minimum absolute atomic E-state index is 0.105. The highest BCUT2D eigenvalue weighted by molar-refractivity contribution is 7.89. The Morgan fingerprint density at radius 3 is 2.82 bits per heavy atom. The second kappa shape index (κ2) is 6.15. The molecular weight excluding hydrogens is 304 g/mol. The zero-order chi connectivity index (χ0) is 15.6. The average molecular weight is 322 g/mol. The number of hydrogen-bond donors (Lipinski definition) is 1. The van der Waals surface area contributed by atoms with Crippen molar-refractivity contribution in [2.75, 3.05) is 13.2 Å². The summed E-state index contributed by atoms with van der Waals surface area (Å²) in [5.41, 5.74) is 1.12. The second-order valence-electron chi connectivity index (χ2n) is 5.43.